The van der Waals surface area contributed by atoms with Crippen molar-refractivity contribution in [1.29, 1.82) is 0 Å². The third-order valence-electron chi connectivity index (χ3n) is 0.827. The van der Waals surface area contributed by atoms with Gasteiger partial charge in [-0.15, -0.1) is 0 Å². The Balaban J connectivity index is -0.0000000312. The summed E-state index contributed by atoms with van der Waals surface area (Å²) in [7, 11) is 0. The van der Waals surface area contributed by atoms with Crippen molar-refractivity contribution >= 4 is 17.4 Å². The second kappa shape index (κ2) is 7.09. The summed E-state index contributed by atoms with van der Waals surface area (Å²) in [4.78, 5) is 0. The van der Waals surface area contributed by atoms with Gasteiger partial charge in [-0.2, -0.15) is 0 Å². The fourth-order valence-corrected chi connectivity index (χ4v) is 0.510. The van der Waals surface area contributed by atoms with Gasteiger partial charge in [0.25, 0.3) is 0 Å². The molecule has 0 aromatic rings. The number of hydrogen-bond acceptors (Lipinski definition) is 1. The van der Waals surface area contributed by atoms with Crippen LogP contribution in [0.1, 0.15) is 15.7 Å². The number of hydrogen-bond donors (Lipinski definition) is 0. The Hall–Kier alpha value is 1.09. The van der Waals surface area contributed by atoms with Crippen LogP contribution in [0, 0.1) is 0 Å². The Kier molecular flexibility index (Phi) is 11.1. The van der Waals surface area contributed by atoms with Crippen LogP contribution in [0.3, 0.4) is 0 Å². The summed E-state index contributed by atoms with van der Waals surface area (Å²) in [5, 5.41) is 0. The van der Waals surface area contributed by atoms with Crippen molar-refractivity contribution in [2.45, 2.75) is 12.8 Å². The summed E-state index contributed by atoms with van der Waals surface area (Å²) in [6, 6.07) is 0. The van der Waals surface area contributed by atoms with Crippen LogP contribution in [0.15, 0.2) is 0 Å². The average Bonchev–Trinajstić information content (AvgIpc) is 1.76. The number of rotatable bonds is 0. The molecule has 1 heterocycles. The van der Waals surface area contributed by atoms with Crippen LogP contribution in [-0.2, 0) is 4.74 Å². The van der Waals surface area contributed by atoms with Crippen molar-refractivity contribution in [2.24, 2.45) is 0 Å². The van der Waals surface area contributed by atoms with E-state index in [1.165, 1.54) is 12.8 Å². The molecular weight excluding hydrogens is 98.0 g/mol. The normalized spacial score (nSPS) is 17.1. The molecule has 0 radical (unpaired) electrons. The zero-order chi connectivity index (χ0) is 3.54. The average molecular weight is 111 g/mol. The topological polar surface area (TPSA) is 9.23 Å². The van der Waals surface area contributed by atoms with E-state index in [1.807, 2.05) is 0 Å². The molecule has 1 aliphatic heterocycles. The van der Waals surface area contributed by atoms with Crippen molar-refractivity contribution in [3.8, 4) is 0 Å². The molecule has 1 fully saturated rings. The summed E-state index contributed by atoms with van der Waals surface area (Å²) in [6.07, 6.45) is 2.56. The molecule has 1 nitrogen and oxygen atoms in total. The van der Waals surface area contributed by atoms with E-state index in [2.05, 4.69) is 0 Å². The molecule has 0 aromatic heterocycles. The van der Waals surface area contributed by atoms with E-state index >= 15 is 0 Å². The van der Waals surface area contributed by atoms with Crippen molar-refractivity contribution in [3.05, 3.63) is 0 Å². The van der Waals surface area contributed by atoms with Gasteiger partial charge in [-0.3, -0.25) is 0 Å². The van der Waals surface area contributed by atoms with Gasteiger partial charge in [0.1, 0.15) is 0 Å². The maximum absolute atomic E-state index is 4.94. The van der Waals surface area contributed by atoms with Crippen molar-refractivity contribution in [2.75, 3.05) is 13.2 Å². The summed E-state index contributed by atoms with van der Waals surface area (Å²) >= 11 is 0. The predicted octanol–water partition coefficient (Wildman–Crippen LogP) is -3.16. The quantitative estimate of drug-likeness (QED) is 0.300. The van der Waals surface area contributed by atoms with E-state index in [9.17, 15) is 0 Å². The molecule has 0 aliphatic carbocycles. The third-order valence-corrected chi connectivity index (χ3v) is 0.827. The van der Waals surface area contributed by atoms with Gasteiger partial charge in [0.05, 0.1) is 0 Å². The molecule has 1 aliphatic rings. The number of ether oxygens (including phenoxy) is 1. The Morgan fingerprint density at radius 3 is 1.86 bits per heavy atom. The molecule has 1 rings (SSSR count). The molecule has 3 heteroatoms. The molecule has 7 heavy (non-hydrogen) atoms. The molecule has 0 saturated carbocycles. The van der Waals surface area contributed by atoms with Crippen LogP contribution < -0.4 is 18.9 Å². The van der Waals surface area contributed by atoms with Crippen molar-refractivity contribution in [1.82, 2.24) is 0 Å². The zero-order valence-corrected chi connectivity index (χ0v) is 4.24. The van der Waals surface area contributed by atoms with Crippen molar-refractivity contribution in [3.63, 3.8) is 0 Å². The molecule has 0 bridgehead atoms. The molecule has 0 unspecified atom stereocenters. The van der Waals surface area contributed by atoms with E-state index in [1.54, 1.807) is 0 Å². The van der Waals surface area contributed by atoms with Crippen LogP contribution in [0.2, 0.25) is 0 Å². The monoisotopic (exact) mass is 111 g/mol. The first-order valence-electron chi connectivity index (χ1n) is 2.08. The standard InChI is InChI=1S/C4H8O.Al.Li.4H/c1-2-4-5-3-1;;;;;;/h1-4H2;;;;;;/q;;+1;;;;-1/p+1. The minimum absolute atomic E-state index is 0. The second-order valence-corrected chi connectivity index (χ2v) is 1.32. The fraction of sp³-hybridized carbons (Fsp3) is 1.00. The second-order valence-electron chi connectivity index (χ2n) is 1.32. The Labute approximate surface area is 70.1 Å². The maximum atomic E-state index is 4.94. The minimum atomic E-state index is 0. The molecule has 0 N–H and O–H groups in total. The first-order valence-corrected chi connectivity index (χ1v) is 2.08. The van der Waals surface area contributed by atoms with Gasteiger partial charge in [0, 0.05) is 13.2 Å². The van der Waals surface area contributed by atoms with E-state index in [-0.39, 0.29) is 39.1 Å². The summed E-state index contributed by atoms with van der Waals surface area (Å²) in [6.45, 7) is 2.00. The van der Waals surface area contributed by atoms with Crippen LogP contribution in [0.4, 0.5) is 0 Å². The van der Waals surface area contributed by atoms with Gasteiger partial charge in [-0.1, -0.05) is 0 Å². The molecule has 38 valence electrons. The van der Waals surface area contributed by atoms with Gasteiger partial charge in [-0.05, 0) is 12.8 Å². The van der Waals surface area contributed by atoms with Crippen LogP contribution in [0.5, 0.6) is 0 Å². The molecule has 1 saturated heterocycles. The summed E-state index contributed by atoms with van der Waals surface area (Å²) < 4.78 is 4.94. The Morgan fingerprint density at radius 1 is 1.29 bits per heavy atom. The molecule has 0 amide bonds. The molecule has 0 atom stereocenters. The largest absolute Gasteiger partial charge is 1.00 e. The molecular formula is C4H13AlLiO+. The van der Waals surface area contributed by atoms with Gasteiger partial charge in [0.15, 0.2) is 17.4 Å². The maximum Gasteiger partial charge on any atom is 1.00 e. The van der Waals surface area contributed by atoms with Crippen LogP contribution in [-0.4, -0.2) is 30.6 Å². The molecule has 0 spiro atoms. The van der Waals surface area contributed by atoms with E-state index < -0.39 is 0 Å². The van der Waals surface area contributed by atoms with Gasteiger partial charge in [0.2, 0.25) is 0 Å². The third kappa shape index (κ3) is 4.95. The van der Waals surface area contributed by atoms with E-state index in [4.69, 9.17) is 4.74 Å². The van der Waals surface area contributed by atoms with E-state index in [0.717, 1.165) is 13.2 Å². The molecule has 0 aromatic carbocycles. The van der Waals surface area contributed by atoms with Crippen LogP contribution in [0.25, 0.3) is 0 Å². The fourth-order valence-electron chi connectivity index (χ4n) is 0.510. The Morgan fingerprint density at radius 2 is 1.71 bits per heavy atom. The summed E-state index contributed by atoms with van der Waals surface area (Å²) in [5.41, 5.74) is 0. The smallest absolute Gasteiger partial charge is 1.00 e. The van der Waals surface area contributed by atoms with Crippen molar-refractivity contribution < 1.29 is 26.5 Å². The van der Waals surface area contributed by atoms with Gasteiger partial charge in [-0.25, -0.2) is 0 Å². The first-order chi connectivity index (χ1) is 2.50. The minimum Gasteiger partial charge on any atom is -1.00 e. The first kappa shape index (κ1) is 11.0. The van der Waals surface area contributed by atoms with Crippen LogP contribution >= 0.6 is 0 Å². The Bertz CT molecular complexity index is 30.1. The van der Waals surface area contributed by atoms with E-state index in [0.29, 0.717) is 0 Å². The SMILES string of the molecule is C1CCOC1.[AlH3].[H+].[H-].[Li+]. The predicted molar refractivity (Wildman–Crippen MR) is 32.2 cm³/mol. The van der Waals surface area contributed by atoms with Gasteiger partial charge < -0.3 is 6.16 Å². The zero-order valence-electron chi connectivity index (χ0n) is 6.24. The van der Waals surface area contributed by atoms with Gasteiger partial charge >= 0.3 is 20.3 Å². The summed E-state index contributed by atoms with van der Waals surface area (Å²) in [5.74, 6) is 0.